The Kier molecular flexibility index (Phi) is 16.6. The van der Waals surface area contributed by atoms with E-state index >= 15 is 0 Å². The van der Waals surface area contributed by atoms with E-state index in [1.807, 2.05) is 19.1 Å². The third-order valence-electron chi connectivity index (χ3n) is 8.96. The fraction of sp³-hybridized carbons (Fsp3) is 0.512. The van der Waals surface area contributed by atoms with Crippen LogP contribution in [0.2, 0.25) is 5.02 Å². The summed E-state index contributed by atoms with van der Waals surface area (Å²) in [5, 5.41) is 0.260. The average Bonchev–Trinajstić information content (AvgIpc) is 3.15. The summed E-state index contributed by atoms with van der Waals surface area (Å²) in [4.78, 5) is 101. The predicted octanol–water partition coefficient (Wildman–Crippen LogP) is 2.98. The topological polar surface area (TPSA) is 238 Å². The Hall–Kier alpha value is -5.79. The zero-order chi connectivity index (χ0) is 45.2. The minimum atomic E-state index is -2.50. The summed E-state index contributed by atoms with van der Waals surface area (Å²) in [5.41, 5.74) is 1.26. The van der Waals surface area contributed by atoms with Crippen molar-refractivity contribution in [3.63, 3.8) is 0 Å². The fourth-order valence-electron chi connectivity index (χ4n) is 6.80. The Morgan fingerprint density at radius 2 is 1.18 bits per heavy atom. The number of halogens is 1. The van der Waals surface area contributed by atoms with E-state index < -0.39 is 116 Å². The first-order chi connectivity index (χ1) is 28.7. The van der Waals surface area contributed by atoms with Gasteiger partial charge in [0, 0.05) is 59.1 Å². The van der Waals surface area contributed by atoms with Crippen LogP contribution in [0.15, 0.2) is 42.5 Å². The molecular weight excluding hydrogens is 832 g/mol. The lowest BCUT2D eigenvalue weighted by atomic mass is 9.86. The molecule has 4 rings (SSSR count). The van der Waals surface area contributed by atoms with Gasteiger partial charge >= 0.3 is 47.8 Å². The van der Waals surface area contributed by atoms with Crippen LogP contribution in [-0.2, 0) is 97.9 Å². The minimum Gasteiger partial charge on any atom is -0.494 e. The standard InChI is InChI=1S/C41H47ClO19/c1-9-51-30-13-10-27(11-14-30)16-28-17-29(12-15-31(28)42)41(53-19-32-34(54-21(3)44)36(56-23(5)46)38(40(50)60-32)58-25(7)48)39(59-26(8)49)37(57-24(6)47)35(55-22(4)45)33(61-41)18-52-20(2)43/h10-15,17,32-39H,9,16,18-19H2,1-8H3/t32-,33-,34-,35-,36+,37+,38-,39-,41+/m1/s1. The highest BCUT2D eigenvalue weighted by molar-refractivity contribution is 6.31. The van der Waals surface area contributed by atoms with Gasteiger partial charge in [0.1, 0.15) is 18.5 Å². The zero-order valence-corrected chi connectivity index (χ0v) is 35.4. The first-order valence-electron chi connectivity index (χ1n) is 18.9. The van der Waals surface area contributed by atoms with Crippen LogP contribution in [-0.4, -0.2) is 116 Å². The van der Waals surface area contributed by atoms with Crippen molar-refractivity contribution in [2.45, 2.75) is 116 Å². The van der Waals surface area contributed by atoms with Crippen LogP contribution in [0.4, 0.5) is 0 Å². The van der Waals surface area contributed by atoms with Gasteiger partial charge < -0.3 is 52.1 Å². The Morgan fingerprint density at radius 3 is 1.72 bits per heavy atom. The quantitative estimate of drug-likeness (QED) is 0.174. The maximum absolute atomic E-state index is 13.4. The van der Waals surface area contributed by atoms with Gasteiger partial charge in [0.15, 0.2) is 30.5 Å². The third-order valence-corrected chi connectivity index (χ3v) is 9.33. The number of carbonyl (C=O) groups is 8. The largest absolute Gasteiger partial charge is 0.494 e. The van der Waals surface area contributed by atoms with Crippen molar-refractivity contribution in [1.29, 1.82) is 0 Å². The molecule has 2 aromatic carbocycles. The highest BCUT2D eigenvalue weighted by Crippen LogP contribution is 2.45. The van der Waals surface area contributed by atoms with E-state index in [1.165, 1.54) is 18.2 Å². The van der Waals surface area contributed by atoms with Crippen molar-refractivity contribution < 1.29 is 90.5 Å². The molecule has 0 bridgehead atoms. The summed E-state index contributed by atoms with van der Waals surface area (Å²) < 4.78 is 62.8. The summed E-state index contributed by atoms with van der Waals surface area (Å²) in [6.07, 6.45) is -13.7. The molecule has 20 heteroatoms. The fourth-order valence-corrected chi connectivity index (χ4v) is 6.98. The summed E-state index contributed by atoms with van der Waals surface area (Å²) in [5.74, 6) is -9.54. The summed E-state index contributed by atoms with van der Waals surface area (Å²) in [6, 6.07) is 11.6. The molecule has 19 nitrogen and oxygen atoms in total. The average molecular weight is 879 g/mol. The van der Waals surface area contributed by atoms with Gasteiger partial charge in [0.2, 0.25) is 18.0 Å². The highest BCUT2D eigenvalue weighted by atomic mass is 35.5. The van der Waals surface area contributed by atoms with Gasteiger partial charge in [-0.25, -0.2) is 4.79 Å². The van der Waals surface area contributed by atoms with E-state index in [0.29, 0.717) is 17.9 Å². The third kappa shape index (κ3) is 12.6. The van der Waals surface area contributed by atoms with Gasteiger partial charge in [-0.05, 0) is 48.7 Å². The van der Waals surface area contributed by atoms with Crippen LogP contribution in [0.5, 0.6) is 5.75 Å². The Balaban J connectivity index is 1.98. The number of hydrogen-bond acceptors (Lipinski definition) is 19. The van der Waals surface area contributed by atoms with Crippen LogP contribution in [0.1, 0.15) is 72.1 Å². The lowest BCUT2D eigenvalue weighted by molar-refractivity contribution is -0.379. The van der Waals surface area contributed by atoms with Crippen LogP contribution < -0.4 is 4.74 Å². The molecule has 2 aliphatic heterocycles. The molecule has 0 aliphatic carbocycles. The lowest BCUT2D eigenvalue weighted by Crippen LogP contribution is -2.68. The van der Waals surface area contributed by atoms with Crippen molar-refractivity contribution in [2.24, 2.45) is 0 Å². The van der Waals surface area contributed by atoms with Gasteiger partial charge in [0.25, 0.3) is 0 Å². The number of ether oxygens (including phenoxy) is 11. The van der Waals surface area contributed by atoms with E-state index in [-0.39, 0.29) is 17.0 Å². The molecule has 0 aromatic heterocycles. The van der Waals surface area contributed by atoms with Crippen LogP contribution in [0.3, 0.4) is 0 Å². The number of benzene rings is 2. The van der Waals surface area contributed by atoms with Crippen molar-refractivity contribution in [3.05, 3.63) is 64.2 Å². The van der Waals surface area contributed by atoms with Crippen molar-refractivity contribution in [3.8, 4) is 5.75 Å². The number of esters is 8. The Bertz CT molecular complexity index is 1970. The molecule has 0 spiro atoms. The van der Waals surface area contributed by atoms with Gasteiger partial charge in [-0.1, -0.05) is 29.8 Å². The molecule has 0 saturated carbocycles. The second kappa shape index (κ2) is 21.1. The molecule has 0 unspecified atom stereocenters. The SMILES string of the molecule is CCOc1ccc(Cc2cc([C@]3(OC[C@H]4OC(=O)[C@H](OC(C)=O)[C@@H](OC(C)=O)[C@@H]4OC(C)=O)O[C@H](COC(C)=O)[C@@H](OC(C)=O)[C@H](OC(C)=O)[C@H]3OC(C)=O)ccc2Cl)cc1. The Labute approximate surface area is 355 Å². The summed E-state index contributed by atoms with van der Waals surface area (Å²) in [6.45, 7) is 8.00. The summed E-state index contributed by atoms with van der Waals surface area (Å²) >= 11 is 6.75. The number of cyclic esters (lactones) is 1. The molecule has 332 valence electrons. The molecular formula is C41H47ClO19. The number of carbonyl (C=O) groups excluding carboxylic acids is 8. The highest BCUT2D eigenvalue weighted by Gasteiger charge is 2.63. The molecule has 2 heterocycles. The first kappa shape index (κ1) is 47.9. The van der Waals surface area contributed by atoms with Gasteiger partial charge in [-0.2, -0.15) is 0 Å². The van der Waals surface area contributed by atoms with Crippen molar-refractivity contribution >= 4 is 59.4 Å². The minimum absolute atomic E-state index is 0.0239. The molecule has 0 amide bonds. The van der Waals surface area contributed by atoms with E-state index in [9.17, 15) is 38.4 Å². The molecule has 2 saturated heterocycles. The van der Waals surface area contributed by atoms with Crippen LogP contribution in [0.25, 0.3) is 0 Å². The van der Waals surface area contributed by atoms with Crippen LogP contribution >= 0.6 is 11.6 Å². The second-order valence-corrected chi connectivity index (χ2v) is 14.2. The molecule has 2 aliphatic rings. The summed E-state index contributed by atoms with van der Waals surface area (Å²) in [7, 11) is 0. The molecule has 2 aromatic rings. The van der Waals surface area contributed by atoms with E-state index in [2.05, 4.69) is 0 Å². The number of rotatable bonds is 16. The van der Waals surface area contributed by atoms with E-state index in [1.54, 1.807) is 12.1 Å². The van der Waals surface area contributed by atoms with Crippen molar-refractivity contribution in [1.82, 2.24) is 0 Å². The van der Waals surface area contributed by atoms with Gasteiger partial charge in [-0.15, -0.1) is 0 Å². The molecule has 0 N–H and O–H groups in total. The van der Waals surface area contributed by atoms with E-state index in [0.717, 1.165) is 54.0 Å². The van der Waals surface area contributed by atoms with Gasteiger partial charge in [-0.3, -0.25) is 33.6 Å². The smallest absolute Gasteiger partial charge is 0.352 e. The molecule has 61 heavy (non-hydrogen) atoms. The normalized spacial score (nSPS) is 25.8. The monoisotopic (exact) mass is 878 g/mol. The van der Waals surface area contributed by atoms with Gasteiger partial charge in [0.05, 0.1) is 13.2 Å². The molecule has 0 radical (unpaired) electrons. The predicted molar refractivity (Wildman–Crippen MR) is 204 cm³/mol. The number of hydrogen-bond donors (Lipinski definition) is 0. The first-order valence-corrected chi connectivity index (χ1v) is 19.3. The Morgan fingerprint density at radius 1 is 0.639 bits per heavy atom. The van der Waals surface area contributed by atoms with Crippen LogP contribution in [0, 0.1) is 0 Å². The maximum atomic E-state index is 13.4. The maximum Gasteiger partial charge on any atom is 0.352 e. The molecule has 2 fully saturated rings. The second-order valence-electron chi connectivity index (χ2n) is 13.8. The van der Waals surface area contributed by atoms with Crippen molar-refractivity contribution in [2.75, 3.05) is 19.8 Å². The van der Waals surface area contributed by atoms with E-state index in [4.69, 9.17) is 63.7 Å². The zero-order valence-electron chi connectivity index (χ0n) is 34.6. The molecule has 9 atom stereocenters. The lowest BCUT2D eigenvalue weighted by Gasteiger charge is -2.51.